The number of esters is 3. The van der Waals surface area contributed by atoms with E-state index < -0.39 is 64.3 Å². The topological polar surface area (TPSA) is 113 Å². The Kier molecular flexibility index (Phi) is 6.68. The Morgan fingerprint density at radius 2 is 1.47 bits per heavy atom. The van der Waals surface area contributed by atoms with Gasteiger partial charge >= 0.3 is 17.9 Å². The zero-order valence-corrected chi connectivity index (χ0v) is 21.2. The van der Waals surface area contributed by atoms with E-state index in [4.69, 9.17) is 14.2 Å². The molecule has 8 heteroatoms. The maximum absolute atomic E-state index is 14.0. The molecule has 3 aliphatic carbocycles. The third-order valence-corrected chi connectivity index (χ3v) is 7.38. The van der Waals surface area contributed by atoms with Gasteiger partial charge in [0.25, 0.3) is 0 Å². The number of allylic oxidation sites excluding steroid dienone is 2. The number of Topliss-reactive ketones (excluding diaryl/α,β-unsaturated/α-hetero) is 2. The van der Waals surface area contributed by atoms with Gasteiger partial charge in [-0.1, -0.05) is 41.0 Å². The van der Waals surface area contributed by atoms with Crippen LogP contribution in [0.1, 0.15) is 74.7 Å². The summed E-state index contributed by atoms with van der Waals surface area (Å²) in [5.41, 5.74) is -0.992. The molecular formula is C26H34O8. The lowest BCUT2D eigenvalue weighted by Crippen LogP contribution is -2.61. The third kappa shape index (κ3) is 4.12. The fourth-order valence-corrected chi connectivity index (χ4v) is 6.47. The van der Waals surface area contributed by atoms with Gasteiger partial charge in [0.2, 0.25) is 5.78 Å². The number of fused-ring (bicyclic) bond motifs is 2. The highest BCUT2D eigenvalue weighted by atomic mass is 16.6. The lowest BCUT2D eigenvalue weighted by Gasteiger charge is -2.58. The van der Waals surface area contributed by atoms with Gasteiger partial charge in [-0.2, -0.15) is 0 Å². The predicted molar refractivity (Wildman–Crippen MR) is 121 cm³/mol. The number of hydrogen-bond donors (Lipinski definition) is 0. The molecule has 0 spiro atoms. The van der Waals surface area contributed by atoms with E-state index in [1.54, 1.807) is 13.8 Å². The van der Waals surface area contributed by atoms with Crippen LogP contribution >= 0.6 is 0 Å². The molecule has 0 saturated heterocycles. The summed E-state index contributed by atoms with van der Waals surface area (Å²) in [5, 5.41) is 0. The van der Waals surface area contributed by atoms with Gasteiger partial charge in [-0.05, 0) is 24.2 Å². The minimum atomic E-state index is -1.24. The van der Waals surface area contributed by atoms with Gasteiger partial charge in [-0.3, -0.25) is 24.0 Å². The maximum Gasteiger partial charge on any atom is 0.308 e. The summed E-state index contributed by atoms with van der Waals surface area (Å²) in [7, 11) is 0. The van der Waals surface area contributed by atoms with Crippen LogP contribution in [0.15, 0.2) is 22.5 Å². The Morgan fingerprint density at radius 1 is 0.882 bits per heavy atom. The van der Waals surface area contributed by atoms with E-state index in [9.17, 15) is 24.0 Å². The minimum absolute atomic E-state index is 0.0301. The number of ether oxygens (including phenoxy) is 3. The molecule has 4 atom stereocenters. The van der Waals surface area contributed by atoms with Crippen LogP contribution in [0.3, 0.4) is 0 Å². The molecule has 0 aromatic heterocycles. The maximum atomic E-state index is 14.0. The second-order valence-corrected chi connectivity index (χ2v) is 10.8. The van der Waals surface area contributed by atoms with E-state index in [0.717, 1.165) is 12.8 Å². The van der Waals surface area contributed by atoms with Crippen LogP contribution in [0.5, 0.6) is 0 Å². The van der Waals surface area contributed by atoms with Crippen LogP contribution in [-0.4, -0.2) is 41.7 Å². The number of carbonyl (C=O) groups excluding carboxylic acids is 5. The van der Waals surface area contributed by atoms with Gasteiger partial charge < -0.3 is 14.2 Å². The summed E-state index contributed by atoms with van der Waals surface area (Å²) in [6, 6.07) is 0. The zero-order chi connectivity index (χ0) is 25.7. The van der Waals surface area contributed by atoms with Crippen LogP contribution in [0.2, 0.25) is 0 Å². The minimum Gasteiger partial charge on any atom is -0.458 e. The van der Waals surface area contributed by atoms with E-state index in [2.05, 4.69) is 0 Å². The Labute approximate surface area is 200 Å². The summed E-state index contributed by atoms with van der Waals surface area (Å²) < 4.78 is 16.8. The molecule has 0 heterocycles. The number of ketones is 2. The Balaban J connectivity index is 2.38. The SMILES string of the molecule is CC(=O)OC1=C(C(C)C)C(=O)C2=C(C1=O)[C@@]1(C)CCCC(C)(C)[C@@H]1[C@H](OC(C)=O)[C@@H]2OC(C)=O. The first-order valence-electron chi connectivity index (χ1n) is 11.7. The van der Waals surface area contributed by atoms with E-state index in [0.29, 0.717) is 6.42 Å². The molecule has 0 aromatic rings. The molecule has 3 rings (SSSR count). The Bertz CT molecular complexity index is 1030. The van der Waals surface area contributed by atoms with Gasteiger partial charge in [0, 0.05) is 43.3 Å². The molecule has 1 saturated carbocycles. The van der Waals surface area contributed by atoms with E-state index >= 15 is 0 Å². The Morgan fingerprint density at radius 3 is 1.97 bits per heavy atom. The fraction of sp³-hybridized carbons (Fsp3) is 0.654. The summed E-state index contributed by atoms with van der Waals surface area (Å²) >= 11 is 0. The predicted octanol–water partition coefficient (Wildman–Crippen LogP) is 3.62. The summed E-state index contributed by atoms with van der Waals surface area (Å²) in [4.78, 5) is 64.2. The van der Waals surface area contributed by atoms with E-state index in [1.165, 1.54) is 20.8 Å². The first-order chi connectivity index (χ1) is 15.6. The number of rotatable bonds is 4. The van der Waals surface area contributed by atoms with Crippen LogP contribution in [0.4, 0.5) is 0 Å². The first-order valence-corrected chi connectivity index (χ1v) is 11.7. The van der Waals surface area contributed by atoms with E-state index in [1.807, 2.05) is 20.8 Å². The summed E-state index contributed by atoms with van der Waals surface area (Å²) in [6.45, 7) is 13.1. The standard InChI is InChI=1S/C26H34O8/c1-12(2)16-19(30)17-18(20(31)21(16)32-13(3)27)26(8)11-9-10-25(6,7)24(26)23(34-15(5)29)22(17)33-14(4)28/h12,22-24H,9-11H2,1-8H3/t22-,23-,24+,26-/m1/s1. The summed E-state index contributed by atoms with van der Waals surface area (Å²) in [6.07, 6.45) is -0.0374. The molecule has 1 fully saturated rings. The highest BCUT2D eigenvalue weighted by Gasteiger charge is 2.64. The lowest BCUT2D eigenvalue weighted by molar-refractivity contribution is -0.186. The van der Waals surface area contributed by atoms with Crippen molar-refractivity contribution in [3.05, 3.63) is 22.5 Å². The van der Waals surface area contributed by atoms with Crippen LogP contribution in [0, 0.1) is 22.7 Å². The molecular weight excluding hydrogens is 440 g/mol. The smallest absolute Gasteiger partial charge is 0.308 e. The van der Waals surface area contributed by atoms with Gasteiger partial charge in [0.05, 0.1) is 5.57 Å². The van der Waals surface area contributed by atoms with Gasteiger partial charge in [0.1, 0.15) is 6.10 Å². The van der Waals surface area contributed by atoms with Crippen molar-refractivity contribution in [1.29, 1.82) is 0 Å². The van der Waals surface area contributed by atoms with Crippen molar-refractivity contribution in [2.24, 2.45) is 22.7 Å². The molecule has 0 N–H and O–H groups in total. The monoisotopic (exact) mass is 474 g/mol. The van der Waals surface area contributed by atoms with Gasteiger partial charge in [0.15, 0.2) is 17.6 Å². The molecule has 186 valence electrons. The molecule has 34 heavy (non-hydrogen) atoms. The van der Waals surface area contributed by atoms with Crippen molar-refractivity contribution in [1.82, 2.24) is 0 Å². The van der Waals surface area contributed by atoms with Crippen molar-refractivity contribution >= 4 is 29.5 Å². The fourth-order valence-electron chi connectivity index (χ4n) is 6.47. The van der Waals surface area contributed by atoms with Gasteiger partial charge in [-0.15, -0.1) is 0 Å². The molecule has 0 radical (unpaired) electrons. The van der Waals surface area contributed by atoms with Crippen molar-refractivity contribution in [3.8, 4) is 0 Å². The molecule has 8 nitrogen and oxygen atoms in total. The van der Waals surface area contributed by atoms with Crippen LogP contribution in [0.25, 0.3) is 0 Å². The summed E-state index contributed by atoms with van der Waals surface area (Å²) in [5.74, 6) is -4.12. The van der Waals surface area contributed by atoms with Crippen LogP contribution < -0.4 is 0 Å². The molecule has 0 aliphatic heterocycles. The second-order valence-electron chi connectivity index (χ2n) is 10.8. The number of hydrogen-bond acceptors (Lipinski definition) is 8. The molecule has 0 aromatic carbocycles. The first kappa shape index (κ1) is 25.8. The van der Waals surface area contributed by atoms with Crippen molar-refractivity contribution in [3.63, 3.8) is 0 Å². The molecule has 0 unspecified atom stereocenters. The highest BCUT2D eigenvalue weighted by Crippen LogP contribution is 2.62. The average molecular weight is 475 g/mol. The van der Waals surface area contributed by atoms with Gasteiger partial charge in [-0.25, -0.2) is 0 Å². The van der Waals surface area contributed by atoms with Crippen molar-refractivity contribution < 1.29 is 38.2 Å². The van der Waals surface area contributed by atoms with Crippen LogP contribution in [-0.2, 0) is 38.2 Å². The largest absolute Gasteiger partial charge is 0.458 e. The average Bonchev–Trinajstić information content (AvgIpc) is 2.65. The highest BCUT2D eigenvalue weighted by molar-refractivity contribution is 6.26. The Hall–Kier alpha value is -2.77. The second kappa shape index (κ2) is 8.78. The molecule has 3 aliphatic rings. The normalized spacial score (nSPS) is 30.6. The molecule has 0 amide bonds. The van der Waals surface area contributed by atoms with E-state index in [-0.39, 0.29) is 22.5 Å². The third-order valence-electron chi connectivity index (χ3n) is 7.38. The lowest BCUT2D eigenvalue weighted by atomic mass is 9.47. The quantitative estimate of drug-likeness (QED) is 0.345. The number of carbonyl (C=O) groups is 5. The van der Waals surface area contributed by atoms with Crippen molar-refractivity contribution in [2.75, 3.05) is 0 Å². The zero-order valence-electron chi connectivity index (χ0n) is 21.2. The molecule has 0 bridgehead atoms. The van der Waals surface area contributed by atoms with Crippen molar-refractivity contribution in [2.45, 2.75) is 86.9 Å².